The van der Waals surface area contributed by atoms with Crippen LogP contribution in [0.25, 0.3) is 0 Å². The standard InChI is InChI=1S/C15H23N5O4/c1-4-20(8-11-17-13(24-19-11)7-9(2)3)14(22)10-5-6-12(21)18-15(23)16-10/h9-10H,4-8H2,1-3H3,(H2,16,18,21,23)/t10-/m1/s1. The molecule has 24 heavy (non-hydrogen) atoms. The van der Waals surface area contributed by atoms with Gasteiger partial charge < -0.3 is 14.7 Å². The Labute approximate surface area is 140 Å². The van der Waals surface area contributed by atoms with Crippen molar-refractivity contribution < 1.29 is 18.9 Å². The molecule has 0 spiro atoms. The van der Waals surface area contributed by atoms with E-state index in [1.54, 1.807) is 0 Å². The highest BCUT2D eigenvalue weighted by molar-refractivity contribution is 5.98. The van der Waals surface area contributed by atoms with E-state index in [1.807, 2.05) is 6.92 Å². The summed E-state index contributed by atoms with van der Waals surface area (Å²) in [6, 6.07) is -1.39. The molecule has 0 aromatic carbocycles. The van der Waals surface area contributed by atoms with Crippen molar-refractivity contribution in [2.75, 3.05) is 6.54 Å². The second-order valence-electron chi connectivity index (χ2n) is 6.17. The molecule has 1 fully saturated rings. The predicted molar refractivity (Wildman–Crippen MR) is 83.6 cm³/mol. The van der Waals surface area contributed by atoms with Gasteiger partial charge in [0.15, 0.2) is 5.82 Å². The predicted octanol–water partition coefficient (Wildman–Crippen LogP) is 0.605. The van der Waals surface area contributed by atoms with Crippen molar-refractivity contribution >= 4 is 17.8 Å². The average molecular weight is 337 g/mol. The lowest BCUT2D eigenvalue weighted by molar-refractivity contribution is -0.133. The van der Waals surface area contributed by atoms with Crippen molar-refractivity contribution in [2.45, 2.75) is 52.6 Å². The number of imide groups is 1. The van der Waals surface area contributed by atoms with E-state index in [1.165, 1.54) is 4.90 Å². The van der Waals surface area contributed by atoms with Crippen LogP contribution in [0.2, 0.25) is 0 Å². The topological polar surface area (TPSA) is 117 Å². The van der Waals surface area contributed by atoms with Crippen LogP contribution in [0, 0.1) is 5.92 Å². The Morgan fingerprint density at radius 3 is 2.83 bits per heavy atom. The molecular weight excluding hydrogens is 314 g/mol. The second-order valence-corrected chi connectivity index (χ2v) is 6.17. The summed E-state index contributed by atoms with van der Waals surface area (Å²) in [4.78, 5) is 41.3. The van der Waals surface area contributed by atoms with Crippen molar-refractivity contribution in [3.05, 3.63) is 11.7 Å². The van der Waals surface area contributed by atoms with Gasteiger partial charge in [-0.15, -0.1) is 0 Å². The van der Waals surface area contributed by atoms with E-state index in [0.29, 0.717) is 30.6 Å². The molecule has 2 rings (SSSR count). The number of hydrogen-bond donors (Lipinski definition) is 2. The van der Waals surface area contributed by atoms with Crippen LogP contribution in [0.1, 0.15) is 45.3 Å². The van der Waals surface area contributed by atoms with Crippen molar-refractivity contribution in [3.8, 4) is 0 Å². The minimum atomic E-state index is -0.738. The van der Waals surface area contributed by atoms with E-state index in [-0.39, 0.29) is 31.2 Å². The zero-order chi connectivity index (χ0) is 17.7. The molecule has 1 atom stereocenters. The Bertz CT molecular complexity index is 613. The van der Waals surface area contributed by atoms with Crippen LogP contribution in [-0.2, 0) is 22.6 Å². The van der Waals surface area contributed by atoms with E-state index >= 15 is 0 Å². The lowest BCUT2D eigenvalue weighted by Crippen LogP contribution is -2.49. The molecule has 1 saturated heterocycles. The third kappa shape index (κ3) is 4.77. The third-order valence-corrected chi connectivity index (χ3v) is 3.64. The van der Waals surface area contributed by atoms with Crippen LogP contribution in [0.5, 0.6) is 0 Å². The Balaban J connectivity index is 2.01. The maximum atomic E-state index is 12.6. The fourth-order valence-electron chi connectivity index (χ4n) is 2.44. The normalized spacial score (nSPS) is 18.1. The second kappa shape index (κ2) is 7.89. The molecule has 1 aromatic rings. The smallest absolute Gasteiger partial charge is 0.322 e. The first kappa shape index (κ1) is 17.9. The zero-order valence-corrected chi connectivity index (χ0v) is 14.2. The Hall–Kier alpha value is -2.45. The van der Waals surface area contributed by atoms with Gasteiger partial charge >= 0.3 is 6.03 Å². The van der Waals surface area contributed by atoms with Gasteiger partial charge in [-0.25, -0.2) is 4.79 Å². The highest BCUT2D eigenvalue weighted by Gasteiger charge is 2.29. The molecule has 0 radical (unpaired) electrons. The molecule has 132 valence electrons. The molecule has 0 aliphatic carbocycles. The number of carbonyl (C=O) groups is 3. The largest absolute Gasteiger partial charge is 0.339 e. The number of rotatable bonds is 6. The number of aromatic nitrogens is 2. The summed E-state index contributed by atoms with van der Waals surface area (Å²) in [5.41, 5.74) is 0. The first-order valence-electron chi connectivity index (χ1n) is 8.09. The van der Waals surface area contributed by atoms with Crippen LogP contribution in [0.4, 0.5) is 4.79 Å². The van der Waals surface area contributed by atoms with E-state index in [2.05, 4.69) is 34.6 Å². The van der Waals surface area contributed by atoms with Gasteiger partial charge in [0.05, 0.1) is 6.54 Å². The maximum absolute atomic E-state index is 12.6. The molecule has 1 aromatic heterocycles. The summed E-state index contributed by atoms with van der Waals surface area (Å²) >= 11 is 0. The lowest BCUT2D eigenvalue weighted by Gasteiger charge is -2.24. The number of urea groups is 1. The highest BCUT2D eigenvalue weighted by Crippen LogP contribution is 2.10. The number of nitrogens with one attached hydrogen (secondary N) is 2. The van der Waals surface area contributed by atoms with Crippen LogP contribution < -0.4 is 10.6 Å². The summed E-state index contributed by atoms with van der Waals surface area (Å²) in [5.74, 6) is 0.712. The van der Waals surface area contributed by atoms with Gasteiger partial charge in [0.2, 0.25) is 17.7 Å². The molecule has 0 unspecified atom stereocenters. The van der Waals surface area contributed by atoms with E-state index < -0.39 is 12.1 Å². The van der Waals surface area contributed by atoms with Gasteiger partial charge in [-0.3, -0.25) is 14.9 Å². The van der Waals surface area contributed by atoms with Gasteiger partial charge in [-0.1, -0.05) is 19.0 Å². The molecule has 4 amide bonds. The van der Waals surface area contributed by atoms with Crippen LogP contribution >= 0.6 is 0 Å². The molecule has 2 heterocycles. The summed E-state index contributed by atoms with van der Waals surface area (Å²) in [6.45, 7) is 6.56. The number of nitrogens with zero attached hydrogens (tertiary/aromatic N) is 3. The Kier molecular flexibility index (Phi) is 5.88. The lowest BCUT2D eigenvalue weighted by atomic mass is 10.1. The molecule has 0 saturated carbocycles. The molecule has 2 N–H and O–H groups in total. The fourth-order valence-corrected chi connectivity index (χ4v) is 2.44. The molecular formula is C15H23N5O4. The van der Waals surface area contributed by atoms with Crippen LogP contribution in [0.15, 0.2) is 4.52 Å². The molecule has 9 heteroatoms. The Morgan fingerprint density at radius 2 is 2.17 bits per heavy atom. The summed E-state index contributed by atoms with van der Waals surface area (Å²) < 4.78 is 5.17. The van der Waals surface area contributed by atoms with Crippen molar-refractivity contribution in [1.29, 1.82) is 0 Å². The third-order valence-electron chi connectivity index (χ3n) is 3.64. The Morgan fingerprint density at radius 1 is 1.42 bits per heavy atom. The molecule has 1 aliphatic heterocycles. The maximum Gasteiger partial charge on any atom is 0.322 e. The molecule has 0 bridgehead atoms. The minimum absolute atomic E-state index is 0.118. The number of hydrogen-bond acceptors (Lipinski definition) is 6. The first-order valence-corrected chi connectivity index (χ1v) is 8.09. The fraction of sp³-hybridized carbons (Fsp3) is 0.667. The number of likely N-dealkylation sites (N-methyl/N-ethyl adjacent to an activating group) is 1. The van der Waals surface area contributed by atoms with E-state index in [0.717, 1.165) is 0 Å². The van der Waals surface area contributed by atoms with Crippen molar-refractivity contribution in [3.63, 3.8) is 0 Å². The van der Waals surface area contributed by atoms with E-state index in [9.17, 15) is 14.4 Å². The number of amides is 4. The van der Waals surface area contributed by atoms with Gasteiger partial charge in [0.25, 0.3) is 0 Å². The van der Waals surface area contributed by atoms with Gasteiger partial charge in [0.1, 0.15) is 6.04 Å². The monoisotopic (exact) mass is 337 g/mol. The summed E-state index contributed by atoms with van der Waals surface area (Å²) in [5, 5.41) is 8.57. The molecule has 1 aliphatic rings. The first-order chi connectivity index (χ1) is 11.4. The zero-order valence-electron chi connectivity index (χ0n) is 14.2. The van der Waals surface area contributed by atoms with Crippen molar-refractivity contribution in [2.24, 2.45) is 5.92 Å². The highest BCUT2D eigenvalue weighted by atomic mass is 16.5. The van der Waals surface area contributed by atoms with E-state index in [4.69, 9.17) is 4.52 Å². The van der Waals surface area contributed by atoms with Gasteiger partial charge in [0, 0.05) is 19.4 Å². The SMILES string of the molecule is CCN(Cc1noc(CC(C)C)n1)C(=O)[C@H]1CCC(=O)NC(=O)N1. The minimum Gasteiger partial charge on any atom is -0.339 e. The van der Waals surface area contributed by atoms with Crippen LogP contribution in [0.3, 0.4) is 0 Å². The summed E-state index contributed by atoms with van der Waals surface area (Å²) in [7, 11) is 0. The molecule has 9 nitrogen and oxygen atoms in total. The quantitative estimate of drug-likeness (QED) is 0.785. The van der Waals surface area contributed by atoms with Crippen molar-refractivity contribution in [1.82, 2.24) is 25.7 Å². The van der Waals surface area contributed by atoms with Gasteiger partial charge in [-0.2, -0.15) is 4.98 Å². The van der Waals surface area contributed by atoms with Crippen LogP contribution in [-0.4, -0.2) is 45.5 Å². The number of carbonyl (C=O) groups excluding carboxylic acids is 3. The summed E-state index contributed by atoms with van der Waals surface area (Å²) in [6.07, 6.45) is 1.06. The average Bonchev–Trinajstić information content (AvgIpc) is 2.86. The van der Waals surface area contributed by atoms with Gasteiger partial charge in [-0.05, 0) is 19.3 Å².